The van der Waals surface area contributed by atoms with Crippen LogP contribution in [0.25, 0.3) is 0 Å². The Kier molecular flexibility index (Phi) is 7.67. The van der Waals surface area contributed by atoms with Gasteiger partial charge in [-0.2, -0.15) is 0 Å². The van der Waals surface area contributed by atoms with Crippen LogP contribution in [0.15, 0.2) is 59.3 Å². The van der Waals surface area contributed by atoms with Crippen molar-refractivity contribution in [3.63, 3.8) is 0 Å². The quantitative estimate of drug-likeness (QED) is 0.232. The Labute approximate surface area is 224 Å². The number of esters is 2. The van der Waals surface area contributed by atoms with E-state index in [4.69, 9.17) is 14.2 Å². The van der Waals surface area contributed by atoms with Crippen LogP contribution in [-0.4, -0.2) is 67.5 Å². The molecule has 5 heterocycles. The van der Waals surface area contributed by atoms with E-state index < -0.39 is 11.6 Å². The highest BCUT2D eigenvalue weighted by Crippen LogP contribution is 2.40. The normalized spacial score (nSPS) is 23.0. The first kappa shape index (κ1) is 25.9. The van der Waals surface area contributed by atoms with Crippen molar-refractivity contribution in [2.45, 2.75) is 31.0 Å². The van der Waals surface area contributed by atoms with Gasteiger partial charge in [-0.3, -0.25) is 0 Å². The number of hydrogen-bond acceptors (Lipinski definition) is 8. The highest BCUT2D eigenvalue weighted by atomic mass is 32.1. The number of nitrogens with zero attached hydrogens (tertiary/aromatic N) is 1. The van der Waals surface area contributed by atoms with Crippen molar-refractivity contribution in [1.29, 1.82) is 0 Å². The largest absolute Gasteiger partial charge is 0.493 e. The van der Waals surface area contributed by atoms with Crippen LogP contribution in [0.1, 0.15) is 39.4 Å². The summed E-state index contributed by atoms with van der Waals surface area (Å²) in [6.07, 6.45) is 2.66. The number of carbonyl (C=O) groups is 2. The van der Waals surface area contributed by atoms with Crippen LogP contribution in [0, 0.1) is 5.92 Å². The summed E-state index contributed by atoms with van der Waals surface area (Å²) in [6, 6.07) is 14.3. The topological polar surface area (TPSA) is 82.1 Å². The number of carbonyl (C=O) groups excluding carboxylic acids is 2. The van der Waals surface area contributed by atoms with Crippen molar-refractivity contribution in [3.05, 3.63) is 74.6 Å². The zero-order chi connectivity index (χ0) is 25.9. The van der Waals surface area contributed by atoms with E-state index in [2.05, 4.69) is 0 Å². The molecular formula is C28H32NO6S2+. The monoisotopic (exact) mass is 542 g/mol. The number of thiophene rings is 2. The van der Waals surface area contributed by atoms with Crippen LogP contribution in [-0.2, 0) is 19.9 Å². The summed E-state index contributed by atoms with van der Waals surface area (Å²) in [5.41, 5.74) is -1.30. The molecule has 1 aromatic carbocycles. The summed E-state index contributed by atoms with van der Waals surface area (Å²) < 4.78 is 17.7. The Balaban J connectivity index is 1.20. The van der Waals surface area contributed by atoms with Gasteiger partial charge < -0.3 is 23.8 Å². The maximum absolute atomic E-state index is 13.5. The van der Waals surface area contributed by atoms with Crippen LogP contribution in [0.2, 0.25) is 0 Å². The second-order valence-corrected chi connectivity index (χ2v) is 11.8. The Morgan fingerprint density at radius 1 is 1.05 bits per heavy atom. The number of ether oxygens (including phenoxy) is 3. The summed E-state index contributed by atoms with van der Waals surface area (Å²) in [5, 5.41) is 15.3. The molecule has 1 unspecified atom stereocenters. The molecule has 2 bridgehead atoms. The van der Waals surface area contributed by atoms with Gasteiger partial charge in [-0.05, 0) is 41.1 Å². The predicted molar refractivity (Wildman–Crippen MR) is 142 cm³/mol. The van der Waals surface area contributed by atoms with Gasteiger partial charge in [0.05, 0.1) is 48.7 Å². The Hall–Kier alpha value is -2.72. The summed E-state index contributed by atoms with van der Waals surface area (Å²) in [6.45, 7) is 4.36. The first-order valence-electron chi connectivity index (χ1n) is 12.6. The van der Waals surface area contributed by atoms with Gasteiger partial charge in [0.1, 0.15) is 12.3 Å². The number of quaternary nitrogens is 1. The molecule has 196 valence electrons. The van der Waals surface area contributed by atoms with E-state index in [0.717, 1.165) is 49.9 Å². The summed E-state index contributed by atoms with van der Waals surface area (Å²) in [7, 11) is 1.36. The van der Waals surface area contributed by atoms with Gasteiger partial charge in [0.25, 0.3) is 0 Å². The maximum Gasteiger partial charge on any atom is 0.349 e. The number of benzene rings is 1. The van der Waals surface area contributed by atoms with Crippen molar-refractivity contribution in [3.8, 4) is 5.75 Å². The second-order valence-electron chi connectivity index (χ2n) is 9.86. The molecule has 0 spiro atoms. The van der Waals surface area contributed by atoms with E-state index in [0.29, 0.717) is 33.6 Å². The van der Waals surface area contributed by atoms with Gasteiger partial charge in [0, 0.05) is 25.2 Å². The average Bonchev–Trinajstić information content (AvgIpc) is 3.67. The molecule has 37 heavy (non-hydrogen) atoms. The minimum absolute atomic E-state index is 0.209. The van der Waals surface area contributed by atoms with Crippen molar-refractivity contribution < 1.29 is 33.4 Å². The molecule has 0 radical (unpaired) electrons. The lowest BCUT2D eigenvalue weighted by Gasteiger charge is -2.52. The number of aliphatic hydroxyl groups is 1. The molecule has 3 aliphatic heterocycles. The molecule has 0 aliphatic carbocycles. The summed E-state index contributed by atoms with van der Waals surface area (Å²) in [5.74, 6) is 0.0133. The smallest absolute Gasteiger partial charge is 0.349 e. The number of hydrogen-bond donors (Lipinski definition) is 1. The van der Waals surface area contributed by atoms with E-state index in [1.165, 1.54) is 29.8 Å². The molecule has 6 rings (SSSR count). The van der Waals surface area contributed by atoms with E-state index in [9.17, 15) is 14.7 Å². The minimum Gasteiger partial charge on any atom is -0.493 e. The van der Waals surface area contributed by atoms with Crippen molar-refractivity contribution in [1.82, 2.24) is 0 Å². The van der Waals surface area contributed by atoms with E-state index in [-0.39, 0.29) is 12.1 Å². The first-order valence-corrected chi connectivity index (χ1v) is 14.4. The summed E-state index contributed by atoms with van der Waals surface area (Å²) >= 11 is 2.72. The zero-order valence-electron chi connectivity index (χ0n) is 20.8. The van der Waals surface area contributed by atoms with Crippen molar-refractivity contribution in [2.24, 2.45) is 5.92 Å². The standard InChI is InChI=1S/C28H32NO6S2/c1-33-26(30)21-6-2-7-22(18-21)34-15-5-12-29-13-10-20(11-14-29)23(19-29)35-27(31)28(32,24-8-3-16-36-24)25-9-4-17-37-25/h2-4,6-9,16-18,20,23,32H,5,10-15,19H2,1H3/q+1. The SMILES string of the molecule is COC(=O)c1cccc(OCCC[N+]23CCC(CC2)C(OC(=O)C(O)(c2cccs2)c2cccs2)C3)c1. The fourth-order valence-electron chi connectivity index (χ4n) is 5.60. The highest BCUT2D eigenvalue weighted by molar-refractivity contribution is 7.12. The molecule has 3 aromatic rings. The average molecular weight is 543 g/mol. The minimum atomic E-state index is -1.77. The van der Waals surface area contributed by atoms with Crippen molar-refractivity contribution >= 4 is 34.6 Å². The van der Waals surface area contributed by atoms with E-state index in [1.54, 1.807) is 30.3 Å². The highest BCUT2D eigenvalue weighted by Gasteiger charge is 2.51. The second kappa shape index (κ2) is 10.9. The van der Waals surface area contributed by atoms with Crippen LogP contribution >= 0.6 is 22.7 Å². The lowest BCUT2D eigenvalue weighted by molar-refractivity contribution is -0.946. The van der Waals surface area contributed by atoms with Gasteiger partial charge >= 0.3 is 11.9 Å². The number of rotatable bonds is 10. The van der Waals surface area contributed by atoms with E-state index in [1.807, 2.05) is 29.0 Å². The molecule has 2 aromatic heterocycles. The molecule has 3 aliphatic rings. The van der Waals surface area contributed by atoms with Crippen LogP contribution in [0.3, 0.4) is 0 Å². The fraction of sp³-hybridized carbons (Fsp3) is 0.429. The van der Waals surface area contributed by atoms with Gasteiger partial charge in [-0.1, -0.05) is 18.2 Å². The fourth-order valence-corrected chi connectivity index (χ4v) is 7.32. The number of fused-ring (bicyclic) bond motifs is 3. The molecule has 7 nitrogen and oxygen atoms in total. The third kappa shape index (κ3) is 5.31. The lowest BCUT2D eigenvalue weighted by Crippen LogP contribution is -2.65. The lowest BCUT2D eigenvalue weighted by atomic mass is 9.83. The van der Waals surface area contributed by atoms with Crippen LogP contribution in [0.5, 0.6) is 5.75 Å². The van der Waals surface area contributed by atoms with Crippen LogP contribution < -0.4 is 4.74 Å². The summed E-state index contributed by atoms with van der Waals surface area (Å²) in [4.78, 5) is 26.4. The number of methoxy groups -OCH3 is 1. The molecule has 1 N–H and O–H groups in total. The third-order valence-electron chi connectivity index (χ3n) is 7.65. The van der Waals surface area contributed by atoms with E-state index >= 15 is 0 Å². The Bertz CT molecular complexity index is 1170. The van der Waals surface area contributed by atoms with Gasteiger partial charge in [-0.25, -0.2) is 9.59 Å². The third-order valence-corrected chi connectivity index (χ3v) is 9.61. The Morgan fingerprint density at radius 2 is 1.76 bits per heavy atom. The Morgan fingerprint density at radius 3 is 2.38 bits per heavy atom. The maximum atomic E-state index is 13.5. The van der Waals surface area contributed by atoms with Crippen molar-refractivity contribution in [2.75, 3.05) is 39.9 Å². The first-order chi connectivity index (χ1) is 17.9. The van der Waals surface area contributed by atoms with Crippen LogP contribution in [0.4, 0.5) is 0 Å². The molecule has 0 amide bonds. The molecule has 3 saturated heterocycles. The van der Waals surface area contributed by atoms with Gasteiger partial charge in [0.2, 0.25) is 5.60 Å². The molecule has 1 atom stereocenters. The number of piperidine rings is 3. The zero-order valence-corrected chi connectivity index (χ0v) is 22.5. The predicted octanol–water partition coefficient (Wildman–Crippen LogP) is 4.45. The van der Waals surface area contributed by atoms with Gasteiger partial charge in [0.15, 0.2) is 6.10 Å². The molecule has 3 fully saturated rings. The molecule has 9 heteroatoms. The molecule has 0 saturated carbocycles. The molecular weight excluding hydrogens is 510 g/mol. The van der Waals surface area contributed by atoms with Gasteiger partial charge in [-0.15, -0.1) is 22.7 Å².